The lowest BCUT2D eigenvalue weighted by Crippen LogP contribution is -2.26. The Kier molecular flexibility index (Phi) is 5.78. The molecule has 162 valence electrons. The fourth-order valence-corrected chi connectivity index (χ4v) is 4.16. The Bertz CT molecular complexity index is 1240. The van der Waals surface area contributed by atoms with E-state index in [4.69, 9.17) is 4.74 Å². The summed E-state index contributed by atoms with van der Waals surface area (Å²) in [4.78, 5) is 13.1. The number of amides is 1. The van der Waals surface area contributed by atoms with Gasteiger partial charge in [-0.25, -0.2) is 8.78 Å². The lowest BCUT2D eigenvalue weighted by atomic mass is 10.2. The van der Waals surface area contributed by atoms with Crippen molar-refractivity contribution >= 4 is 27.8 Å². The summed E-state index contributed by atoms with van der Waals surface area (Å²) in [6.45, 7) is 5.19. The van der Waals surface area contributed by atoms with Crippen LogP contribution >= 0.6 is 0 Å². The van der Waals surface area contributed by atoms with Crippen molar-refractivity contribution in [2.24, 2.45) is 0 Å². The molecule has 4 rings (SSSR count). The maximum Gasteiger partial charge on any atom is 0.268 e. The fourth-order valence-electron chi connectivity index (χ4n) is 4.16. The van der Waals surface area contributed by atoms with Gasteiger partial charge >= 0.3 is 0 Å². The van der Waals surface area contributed by atoms with E-state index in [2.05, 4.69) is 35.9 Å². The molecule has 4 aromatic rings. The van der Waals surface area contributed by atoms with Crippen molar-refractivity contribution in [1.82, 2.24) is 14.5 Å². The van der Waals surface area contributed by atoms with Gasteiger partial charge < -0.3 is 19.2 Å². The summed E-state index contributed by atoms with van der Waals surface area (Å²) in [7, 11) is 1.62. The Morgan fingerprint density at radius 1 is 1.06 bits per heavy atom. The molecule has 1 N–H and O–H groups in total. The van der Waals surface area contributed by atoms with Gasteiger partial charge in [0.25, 0.3) is 5.91 Å². The highest BCUT2D eigenvalue weighted by molar-refractivity contribution is 6.10. The summed E-state index contributed by atoms with van der Waals surface area (Å²) in [6.07, 6.45) is 0. The Morgan fingerprint density at radius 3 is 2.45 bits per heavy atom. The summed E-state index contributed by atoms with van der Waals surface area (Å²) in [5.41, 5.74) is 3.90. The van der Waals surface area contributed by atoms with Gasteiger partial charge in [0.1, 0.15) is 17.3 Å². The first-order valence-corrected chi connectivity index (χ1v) is 10.2. The summed E-state index contributed by atoms with van der Waals surface area (Å²) >= 11 is 0. The van der Waals surface area contributed by atoms with E-state index in [0.717, 1.165) is 28.0 Å². The first kappa shape index (κ1) is 21.1. The maximum absolute atomic E-state index is 13.5. The van der Waals surface area contributed by atoms with E-state index in [-0.39, 0.29) is 18.5 Å². The van der Waals surface area contributed by atoms with Crippen molar-refractivity contribution < 1.29 is 18.3 Å². The zero-order valence-electron chi connectivity index (χ0n) is 17.8. The summed E-state index contributed by atoms with van der Waals surface area (Å²) in [5.74, 6) is -1.65. The maximum atomic E-state index is 13.5. The summed E-state index contributed by atoms with van der Waals surface area (Å²) in [5, 5.41) is 3.85. The molecule has 0 aliphatic carbocycles. The molecule has 31 heavy (non-hydrogen) atoms. The van der Waals surface area contributed by atoms with Gasteiger partial charge in [-0.15, -0.1) is 0 Å². The van der Waals surface area contributed by atoms with E-state index in [1.807, 2.05) is 22.8 Å². The van der Waals surface area contributed by atoms with E-state index in [0.29, 0.717) is 24.4 Å². The van der Waals surface area contributed by atoms with Crippen LogP contribution in [0.3, 0.4) is 0 Å². The highest BCUT2D eigenvalue weighted by Gasteiger charge is 2.22. The number of para-hydroxylation sites is 1. The van der Waals surface area contributed by atoms with E-state index in [9.17, 15) is 13.6 Å². The first-order chi connectivity index (χ1) is 14.9. The lowest BCUT2D eigenvalue weighted by Gasteiger charge is -2.12. The Labute approximate surface area is 179 Å². The molecule has 0 aliphatic heterocycles. The third kappa shape index (κ3) is 3.93. The normalized spacial score (nSPS) is 11.7. The van der Waals surface area contributed by atoms with Crippen LogP contribution in [0, 0.1) is 11.6 Å². The van der Waals surface area contributed by atoms with Gasteiger partial charge in [-0.3, -0.25) is 4.79 Å². The Morgan fingerprint density at radius 2 is 1.77 bits per heavy atom. The van der Waals surface area contributed by atoms with Crippen molar-refractivity contribution in [2.75, 3.05) is 13.7 Å². The molecule has 0 spiro atoms. The molecule has 2 aromatic heterocycles. The monoisotopic (exact) mass is 425 g/mol. The van der Waals surface area contributed by atoms with E-state index in [1.165, 1.54) is 12.1 Å². The number of aromatic nitrogens is 2. The number of carbonyl (C=O) groups excluding carboxylic acids is 1. The van der Waals surface area contributed by atoms with Crippen LogP contribution in [0.4, 0.5) is 8.78 Å². The minimum atomic E-state index is -0.670. The number of methoxy groups -OCH3 is 1. The zero-order valence-corrected chi connectivity index (χ0v) is 17.8. The molecule has 0 bridgehead atoms. The van der Waals surface area contributed by atoms with Crippen molar-refractivity contribution in [1.29, 1.82) is 0 Å². The predicted octanol–water partition coefficient (Wildman–Crippen LogP) is 5.03. The van der Waals surface area contributed by atoms with Crippen LogP contribution in [-0.4, -0.2) is 28.8 Å². The average molecular weight is 425 g/mol. The molecule has 0 unspecified atom stereocenters. The fraction of sp³-hybridized carbons (Fsp3) is 0.292. The quantitative estimate of drug-likeness (QED) is 0.451. The summed E-state index contributed by atoms with van der Waals surface area (Å²) in [6, 6.07) is 13.4. The van der Waals surface area contributed by atoms with Gasteiger partial charge in [0.05, 0.1) is 23.2 Å². The highest BCUT2D eigenvalue weighted by atomic mass is 19.1. The number of hydrogen-bond acceptors (Lipinski definition) is 2. The van der Waals surface area contributed by atoms with E-state index in [1.54, 1.807) is 7.11 Å². The van der Waals surface area contributed by atoms with Gasteiger partial charge in [-0.05, 0) is 43.7 Å². The predicted molar refractivity (Wildman–Crippen MR) is 117 cm³/mol. The molecule has 7 heteroatoms. The van der Waals surface area contributed by atoms with Crippen LogP contribution in [0.2, 0.25) is 0 Å². The van der Waals surface area contributed by atoms with Gasteiger partial charge in [-0.1, -0.05) is 18.2 Å². The van der Waals surface area contributed by atoms with Crippen LogP contribution in [0.15, 0.2) is 48.5 Å². The molecule has 0 radical (unpaired) electrons. The number of carbonyl (C=O) groups is 1. The Balaban J connectivity index is 1.77. The second-order valence-electron chi connectivity index (χ2n) is 7.85. The number of benzene rings is 2. The number of nitrogens with zero attached hydrogens (tertiary/aromatic N) is 2. The minimum Gasteiger partial charge on any atom is -0.383 e. The van der Waals surface area contributed by atoms with E-state index < -0.39 is 11.6 Å². The molecule has 0 aliphatic rings. The van der Waals surface area contributed by atoms with Crippen molar-refractivity contribution in [2.45, 2.75) is 33.0 Å². The van der Waals surface area contributed by atoms with Gasteiger partial charge in [0.2, 0.25) is 0 Å². The standard InChI is InChI=1S/C24H25F2N3O2/c1-15(2)29-20-7-5-4-6-19(20)23-21(29)13-22(28(23)8-9-31-3)24(30)27-14-16-10-17(25)12-18(26)11-16/h4-7,10-13,15H,8-9,14H2,1-3H3,(H,27,30). The number of hydrogen-bond donors (Lipinski definition) is 1. The molecular weight excluding hydrogens is 400 g/mol. The summed E-state index contributed by atoms with van der Waals surface area (Å²) < 4.78 is 36.4. The largest absolute Gasteiger partial charge is 0.383 e. The minimum absolute atomic E-state index is 0.0259. The molecule has 5 nitrogen and oxygen atoms in total. The number of halogens is 2. The van der Waals surface area contributed by atoms with Gasteiger partial charge in [-0.2, -0.15) is 0 Å². The first-order valence-electron chi connectivity index (χ1n) is 10.2. The SMILES string of the molecule is COCCn1c(C(=O)NCc2cc(F)cc(F)c2)cc2c1c1ccccc1n2C(C)C. The zero-order chi connectivity index (χ0) is 22.1. The Hall–Kier alpha value is -3.19. The van der Waals surface area contributed by atoms with Crippen LogP contribution in [0.1, 0.15) is 35.9 Å². The van der Waals surface area contributed by atoms with Gasteiger partial charge in [0, 0.05) is 37.7 Å². The molecule has 2 heterocycles. The molecular formula is C24H25F2N3O2. The van der Waals surface area contributed by atoms with Crippen LogP contribution in [-0.2, 0) is 17.8 Å². The molecule has 1 amide bonds. The topological polar surface area (TPSA) is 48.2 Å². The molecule has 0 atom stereocenters. The molecule has 2 aromatic carbocycles. The number of nitrogens with one attached hydrogen (secondary N) is 1. The number of rotatable bonds is 7. The molecule has 0 fully saturated rings. The van der Waals surface area contributed by atoms with Crippen molar-refractivity contribution in [3.63, 3.8) is 0 Å². The average Bonchev–Trinajstić information content (AvgIpc) is 3.24. The third-order valence-corrected chi connectivity index (χ3v) is 5.40. The van der Waals surface area contributed by atoms with Crippen molar-refractivity contribution in [3.05, 3.63) is 71.4 Å². The molecule has 0 saturated heterocycles. The van der Waals surface area contributed by atoms with Gasteiger partial charge in [0.15, 0.2) is 0 Å². The lowest BCUT2D eigenvalue weighted by molar-refractivity contribution is 0.0939. The number of fused-ring (bicyclic) bond motifs is 3. The second-order valence-corrected chi connectivity index (χ2v) is 7.85. The van der Waals surface area contributed by atoms with E-state index >= 15 is 0 Å². The van der Waals surface area contributed by atoms with Crippen LogP contribution in [0.25, 0.3) is 21.9 Å². The van der Waals surface area contributed by atoms with Crippen LogP contribution in [0.5, 0.6) is 0 Å². The van der Waals surface area contributed by atoms with Crippen molar-refractivity contribution in [3.8, 4) is 0 Å². The smallest absolute Gasteiger partial charge is 0.268 e. The highest BCUT2D eigenvalue weighted by Crippen LogP contribution is 2.34. The second kappa shape index (κ2) is 8.51. The third-order valence-electron chi connectivity index (χ3n) is 5.40. The molecule has 0 saturated carbocycles. The van der Waals surface area contributed by atoms with Crippen LogP contribution < -0.4 is 5.32 Å². The number of ether oxygens (including phenoxy) is 1.